The third-order valence-corrected chi connectivity index (χ3v) is 2.95. The van der Waals surface area contributed by atoms with Gasteiger partial charge in [-0.2, -0.15) is 4.90 Å². The normalized spacial score (nSPS) is 11.8. The molecule has 0 fully saturated rings. The zero-order chi connectivity index (χ0) is 18.0. The maximum Gasteiger partial charge on any atom is 0.425 e. The second-order valence-electron chi connectivity index (χ2n) is 7.05. The van der Waals surface area contributed by atoms with Crippen molar-refractivity contribution in [1.29, 1.82) is 0 Å². The predicted octanol–water partition coefficient (Wildman–Crippen LogP) is 4.83. The number of anilines is 1. The van der Waals surface area contributed by atoms with Crippen LogP contribution in [0.3, 0.4) is 0 Å². The zero-order valence-corrected chi connectivity index (χ0v) is 16.1. The molecule has 0 aliphatic heterocycles. The van der Waals surface area contributed by atoms with Crippen LogP contribution >= 0.6 is 15.9 Å². The van der Waals surface area contributed by atoms with E-state index in [0.717, 1.165) is 4.90 Å². The van der Waals surface area contributed by atoms with Gasteiger partial charge in [-0.3, -0.25) is 0 Å². The van der Waals surface area contributed by atoms with Gasteiger partial charge in [0.25, 0.3) is 0 Å². The topological polar surface area (TPSA) is 68.7 Å². The van der Waals surface area contributed by atoms with Crippen molar-refractivity contribution in [3.8, 4) is 0 Å². The van der Waals surface area contributed by atoms with Gasteiger partial charge in [0, 0.05) is 5.69 Å². The van der Waals surface area contributed by atoms with Gasteiger partial charge < -0.3 is 9.47 Å². The van der Waals surface area contributed by atoms with Crippen LogP contribution in [0.1, 0.15) is 47.2 Å². The molecule has 0 aliphatic carbocycles. The zero-order valence-electron chi connectivity index (χ0n) is 14.6. The van der Waals surface area contributed by atoms with Crippen molar-refractivity contribution in [1.82, 2.24) is 4.98 Å². The van der Waals surface area contributed by atoms with E-state index in [4.69, 9.17) is 9.47 Å². The molecule has 0 saturated carbocycles. The van der Waals surface area contributed by atoms with E-state index in [1.807, 2.05) is 0 Å². The summed E-state index contributed by atoms with van der Waals surface area (Å²) < 4.78 is 11.1. The summed E-state index contributed by atoms with van der Waals surface area (Å²) in [7, 11) is 0. The first-order valence-electron chi connectivity index (χ1n) is 7.19. The Labute approximate surface area is 145 Å². The molecule has 0 atom stereocenters. The Balaban J connectivity index is 3.28. The lowest BCUT2D eigenvalue weighted by Crippen LogP contribution is -2.44. The number of carbonyl (C=O) groups excluding carboxylic acids is 2. The van der Waals surface area contributed by atoms with E-state index in [1.165, 1.54) is 0 Å². The fourth-order valence-corrected chi connectivity index (χ4v) is 1.94. The summed E-state index contributed by atoms with van der Waals surface area (Å²) in [4.78, 5) is 30.0. The molecule has 0 aliphatic rings. The van der Waals surface area contributed by atoms with Crippen LogP contribution in [0.2, 0.25) is 0 Å². The molecule has 7 heteroatoms. The number of aromatic nitrogens is 1. The van der Waals surface area contributed by atoms with E-state index in [9.17, 15) is 9.59 Å². The SMILES string of the molecule is Cc1ccc(Br)c(N(C(=O)OC(C)(C)C)C(=O)OC(C)(C)C)n1. The Bertz CT molecular complexity index is 575. The molecule has 23 heavy (non-hydrogen) atoms. The van der Waals surface area contributed by atoms with Crippen LogP contribution in [0.15, 0.2) is 16.6 Å². The van der Waals surface area contributed by atoms with E-state index in [1.54, 1.807) is 60.6 Å². The maximum atomic E-state index is 12.5. The summed E-state index contributed by atoms with van der Waals surface area (Å²) in [5.41, 5.74) is -0.860. The molecule has 1 heterocycles. The summed E-state index contributed by atoms with van der Waals surface area (Å²) in [6.07, 6.45) is -1.68. The van der Waals surface area contributed by atoms with Crippen LogP contribution in [0, 0.1) is 6.92 Å². The van der Waals surface area contributed by atoms with E-state index in [2.05, 4.69) is 20.9 Å². The average molecular weight is 387 g/mol. The van der Waals surface area contributed by atoms with Gasteiger partial charge in [-0.25, -0.2) is 14.6 Å². The van der Waals surface area contributed by atoms with Gasteiger partial charge in [-0.15, -0.1) is 0 Å². The van der Waals surface area contributed by atoms with Crippen LogP contribution in [-0.4, -0.2) is 28.4 Å². The van der Waals surface area contributed by atoms with Crippen molar-refractivity contribution in [3.05, 3.63) is 22.3 Å². The monoisotopic (exact) mass is 386 g/mol. The molecule has 0 spiro atoms. The molecular formula is C16H23BrN2O4. The van der Waals surface area contributed by atoms with Crippen LogP contribution in [0.4, 0.5) is 15.4 Å². The number of imide groups is 1. The van der Waals surface area contributed by atoms with Gasteiger partial charge in [0.2, 0.25) is 0 Å². The highest BCUT2D eigenvalue weighted by molar-refractivity contribution is 9.10. The second-order valence-corrected chi connectivity index (χ2v) is 7.91. The van der Waals surface area contributed by atoms with Gasteiger partial charge in [0.15, 0.2) is 5.82 Å². The lowest BCUT2D eigenvalue weighted by molar-refractivity contribution is 0.0429. The number of nitrogens with zero attached hydrogens (tertiary/aromatic N) is 2. The molecular weight excluding hydrogens is 364 g/mol. The molecule has 0 radical (unpaired) electrons. The minimum atomic E-state index is -0.842. The van der Waals surface area contributed by atoms with Crippen molar-refractivity contribution < 1.29 is 19.1 Å². The van der Waals surface area contributed by atoms with Crippen LogP contribution in [0.25, 0.3) is 0 Å². The van der Waals surface area contributed by atoms with Crippen molar-refractivity contribution >= 4 is 33.9 Å². The highest BCUT2D eigenvalue weighted by Gasteiger charge is 2.34. The molecule has 6 nitrogen and oxygen atoms in total. The number of hydrogen-bond donors (Lipinski definition) is 0. The smallest absolute Gasteiger partial charge is 0.425 e. The molecule has 0 aromatic carbocycles. The quantitative estimate of drug-likeness (QED) is 0.691. The average Bonchev–Trinajstić information content (AvgIpc) is 2.29. The minimum absolute atomic E-state index is 0.133. The van der Waals surface area contributed by atoms with Crippen molar-refractivity contribution in [3.63, 3.8) is 0 Å². The molecule has 0 bridgehead atoms. The highest BCUT2D eigenvalue weighted by Crippen LogP contribution is 2.27. The Morgan fingerprint density at radius 3 is 1.83 bits per heavy atom. The summed E-state index contributed by atoms with van der Waals surface area (Å²) in [5.74, 6) is 0.133. The van der Waals surface area contributed by atoms with Gasteiger partial charge >= 0.3 is 12.2 Å². The number of amides is 2. The predicted molar refractivity (Wildman–Crippen MR) is 91.6 cm³/mol. The summed E-state index contributed by atoms with van der Waals surface area (Å²) in [6.45, 7) is 12.1. The number of hydrogen-bond acceptors (Lipinski definition) is 5. The summed E-state index contributed by atoms with van der Waals surface area (Å²) >= 11 is 3.31. The number of aryl methyl sites for hydroxylation is 1. The molecule has 2 amide bonds. The Hall–Kier alpha value is -1.63. The summed E-state index contributed by atoms with van der Waals surface area (Å²) in [5, 5.41) is 0. The lowest BCUT2D eigenvalue weighted by atomic mass is 10.2. The van der Waals surface area contributed by atoms with Crippen molar-refractivity contribution in [2.45, 2.75) is 59.7 Å². The molecule has 1 aromatic heterocycles. The Morgan fingerprint density at radius 1 is 1.00 bits per heavy atom. The maximum absolute atomic E-state index is 12.5. The second kappa shape index (κ2) is 6.86. The van der Waals surface area contributed by atoms with Gasteiger partial charge in [0.05, 0.1) is 4.47 Å². The molecule has 0 unspecified atom stereocenters. The molecule has 0 N–H and O–H groups in total. The van der Waals surface area contributed by atoms with Gasteiger partial charge in [-0.05, 0) is 76.5 Å². The van der Waals surface area contributed by atoms with E-state index < -0.39 is 23.4 Å². The standard InChI is InChI=1S/C16H23BrN2O4/c1-10-8-9-11(17)12(18-10)19(13(20)22-15(2,3)4)14(21)23-16(5,6)7/h8-9H,1-7H3. The number of halogens is 1. The van der Waals surface area contributed by atoms with Gasteiger partial charge in [0.1, 0.15) is 11.2 Å². The van der Waals surface area contributed by atoms with Crippen LogP contribution < -0.4 is 4.90 Å². The highest BCUT2D eigenvalue weighted by atomic mass is 79.9. The number of ether oxygens (including phenoxy) is 2. The minimum Gasteiger partial charge on any atom is -0.443 e. The molecule has 128 valence electrons. The first-order valence-corrected chi connectivity index (χ1v) is 7.99. The Kier molecular flexibility index (Phi) is 5.79. The lowest BCUT2D eigenvalue weighted by Gasteiger charge is -2.28. The Morgan fingerprint density at radius 2 is 1.43 bits per heavy atom. The van der Waals surface area contributed by atoms with E-state index in [-0.39, 0.29) is 5.82 Å². The van der Waals surface area contributed by atoms with E-state index in [0.29, 0.717) is 10.2 Å². The molecule has 1 aromatic rings. The fraction of sp³-hybridized carbons (Fsp3) is 0.562. The van der Waals surface area contributed by atoms with Crippen LogP contribution in [-0.2, 0) is 9.47 Å². The largest absolute Gasteiger partial charge is 0.443 e. The number of rotatable bonds is 1. The number of pyridine rings is 1. The summed E-state index contributed by atoms with van der Waals surface area (Å²) in [6, 6.07) is 3.47. The third-order valence-electron chi connectivity index (χ3n) is 2.33. The van der Waals surface area contributed by atoms with Crippen LogP contribution in [0.5, 0.6) is 0 Å². The molecule has 0 saturated heterocycles. The van der Waals surface area contributed by atoms with Gasteiger partial charge in [-0.1, -0.05) is 0 Å². The first-order chi connectivity index (χ1) is 10.3. The fourth-order valence-electron chi connectivity index (χ4n) is 1.55. The number of carbonyl (C=O) groups is 2. The van der Waals surface area contributed by atoms with Crippen molar-refractivity contribution in [2.75, 3.05) is 4.90 Å². The first kappa shape index (κ1) is 19.4. The molecule has 1 rings (SSSR count). The van der Waals surface area contributed by atoms with E-state index >= 15 is 0 Å². The van der Waals surface area contributed by atoms with Crippen molar-refractivity contribution in [2.24, 2.45) is 0 Å². The third kappa shape index (κ3) is 6.17.